The number of hydrogen-bond acceptors (Lipinski definition) is 10. The number of hydrazone groups is 1. The Morgan fingerprint density at radius 2 is 1.55 bits per heavy atom. The van der Waals surface area contributed by atoms with Crippen LogP contribution in [0.15, 0.2) is 71.8 Å². The number of carbonyl (C=O) groups is 3. The number of nitro benzene ring substituents is 2. The topological polar surface area (TPSA) is 192 Å². The van der Waals surface area contributed by atoms with Gasteiger partial charge in [-0.2, -0.15) is 5.10 Å². The number of hydrogen-bond donors (Lipinski definition) is 2. The van der Waals surface area contributed by atoms with Crippen LogP contribution < -0.4 is 20.2 Å². The molecule has 3 aromatic rings. The van der Waals surface area contributed by atoms with Crippen molar-refractivity contribution in [1.82, 2.24) is 10.7 Å². The summed E-state index contributed by atoms with van der Waals surface area (Å²) in [6.45, 7) is 0.173. The molecule has 0 aromatic heterocycles. The number of non-ortho nitro benzene ring substituents is 2. The number of carbonyl (C=O) groups excluding carboxylic acids is 3. The highest BCUT2D eigenvalue weighted by atomic mass is 16.6. The van der Waals surface area contributed by atoms with Gasteiger partial charge in [0.1, 0.15) is 0 Å². The van der Waals surface area contributed by atoms with Crippen molar-refractivity contribution in [1.29, 1.82) is 0 Å². The molecule has 14 heteroatoms. The van der Waals surface area contributed by atoms with Crippen LogP contribution >= 0.6 is 0 Å². The van der Waals surface area contributed by atoms with Gasteiger partial charge >= 0.3 is 5.97 Å². The zero-order valence-corrected chi connectivity index (χ0v) is 21.1. The maximum absolute atomic E-state index is 12.4. The Balaban J connectivity index is 1.47. The van der Waals surface area contributed by atoms with E-state index < -0.39 is 27.6 Å². The maximum atomic E-state index is 12.4. The van der Waals surface area contributed by atoms with Gasteiger partial charge in [-0.25, -0.2) is 10.2 Å². The fraction of sp³-hybridized carbons (Fsp3) is 0.154. The Kier molecular flexibility index (Phi) is 9.94. The maximum Gasteiger partial charge on any atom is 0.343 e. The van der Waals surface area contributed by atoms with E-state index in [0.717, 1.165) is 6.07 Å². The van der Waals surface area contributed by atoms with Crippen molar-refractivity contribution in [2.75, 3.05) is 13.7 Å². The van der Waals surface area contributed by atoms with Gasteiger partial charge in [-0.3, -0.25) is 29.8 Å². The summed E-state index contributed by atoms with van der Waals surface area (Å²) in [5, 5.41) is 28.2. The second-order valence-corrected chi connectivity index (χ2v) is 8.07. The molecule has 0 spiro atoms. The van der Waals surface area contributed by atoms with Crippen LogP contribution in [0.2, 0.25) is 0 Å². The van der Waals surface area contributed by atoms with Gasteiger partial charge in [0.2, 0.25) is 5.91 Å². The lowest BCUT2D eigenvalue weighted by Gasteiger charge is -2.10. The lowest BCUT2D eigenvalue weighted by molar-refractivity contribution is -0.385. The normalized spacial score (nSPS) is 10.5. The highest BCUT2D eigenvalue weighted by molar-refractivity contribution is 5.95. The number of methoxy groups -OCH3 is 1. The summed E-state index contributed by atoms with van der Waals surface area (Å²) in [7, 11) is 1.36. The van der Waals surface area contributed by atoms with E-state index in [4.69, 9.17) is 9.47 Å². The fourth-order valence-electron chi connectivity index (χ4n) is 3.30. The third kappa shape index (κ3) is 8.17. The molecular weight excluding hydrogens is 526 g/mol. The van der Waals surface area contributed by atoms with Gasteiger partial charge in [-0.15, -0.1) is 0 Å². The Labute approximate surface area is 226 Å². The molecule has 0 aliphatic heterocycles. The van der Waals surface area contributed by atoms with Crippen molar-refractivity contribution in [3.05, 3.63) is 104 Å². The lowest BCUT2D eigenvalue weighted by Crippen LogP contribution is -2.26. The number of nitrogens with one attached hydrogen (secondary N) is 2. The molecule has 206 valence electrons. The predicted molar refractivity (Wildman–Crippen MR) is 141 cm³/mol. The van der Waals surface area contributed by atoms with Gasteiger partial charge in [-0.1, -0.05) is 12.1 Å². The third-order valence-corrected chi connectivity index (χ3v) is 5.27. The summed E-state index contributed by atoms with van der Waals surface area (Å²) in [6, 6.07) is 14.9. The Bertz CT molecular complexity index is 1470. The van der Waals surface area contributed by atoms with Crippen molar-refractivity contribution in [3.63, 3.8) is 0 Å². The minimum absolute atomic E-state index is 0.00629. The van der Waals surface area contributed by atoms with Crippen LogP contribution in [0, 0.1) is 20.2 Å². The van der Waals surface area contributed by atoms with Crippen LogP contribution in [0.3, 0.4) is 0 Å². The summed E-state index contributed by atoms with van der Waals surface area (Å²) >= 11 is 0. The van der Waals surface area contributed by atoms with Gasteiger partial charge < -0.3 is 14.8 Å². The molecule has 0 heterocycles. The van der Waals surface area contributed by atoms with E-state index in [9.17, 15) is 34.6 Å². The highest BCUT2D eigenvalue weighted by Crippen LogP contribution is 2.28. The molecule has 40 heavy (non-hydrogen) atoms. The fourth-order valence-corrected chi connectivity index (χ4v) is 3.30. The molecule has 0 aliphatic rings. The summed E-state index contributed by atoms with van der Waals surface area (Å²) in [5.41, 5.74) is 2.55. The van der Waals surface area contributed by atoms with E-state index in [1.54, 1.807) is 6.07 Å². The minimum atomic E-state index is -0.808. The predicted octanol–water partition coefficient (Wildman–Crippen LogP) is 3.39. The van der Waals surface area contributed by atoms with Gasteiger partial charge in [-0.05, 0) is 42.3 Å². The SMILES string of the molecule is COc1cc(C=NNC(=O)CCCNC(=O)c2cccc([N+](=O)[O-])c2)ccc1OC(=O)c1cccc([N+](=O)[O-])c1. The molecule has 0 saturated carbocycles. The van der Waals surface area contributed by atoms with Crippen molar-refractivity contribution in [2.24, 2.45) is 5.10 Å². The Hall–Kier alpha value is -5.66. The molecule has 0 atom stereocenters. The number of esters is 1. The van der Waals surface area contributed by atoms with Crippen molar-refractivity contribution in [2.45, 2.75) is 12.8 Å². The van der Waals surface area contributed by atoms with Gasteiger partial charge in [0.05, 0.1) is 28.7 Å². The molecule has 0 fully saturated rings. The molecule has 2 N–H and O–H groups in total. The average molecular weight is 549 g/mol. The lowest BCUT2D eigenvalue weighted by atomic mass is 10.2. The molecule has 3 aromatic carbocycles. The van der Waals surface area contributed by atoms with Crippen LogP contribution in [0.5, 0.6) is 11.5 Å². The second-order valence-electron chi connectivity index (χ2n) is 8.07. The summed E-state index contributed by atoms with van der Waals surface area (Å²) < 4.78 is 10.6. The average Bonchev–Trinajstić information content (AvgIpc) is 2.95. The largest absolute Gasteiger partial charge is 0.493 e. The smallest absolute Gasteiger partial charge is 0.343 e. The van der Waals surface area contributed by atoms with Gasteiger partial charge in [0.25, 0.3) is 17.3 Å². The molecule has 0 radical (unpaired) electrons. The van der Waals surface area contributed by atoms with E-state index in [-0.39, 0.29) is 47.0 Å². The van der Waals surface area contributed by atoms with E-state index in [1.165, 1.54) is 67.9 Å². The summed E-state index contributed by atoms with van der Waals surface area (Å²) in [4.78, 5) is 57.1. The molecule has 0 aliphatic carbocycles. The number of nitro groups is 2. The Morgan fingerprint density at radius 1 is 0.900 bits per heavy atom. The van der Waals surface area contributed by atoms with Crippen molar-refractivity contribution < 1.29 is 33.7 Å². The van der Waals surface area contributed by atoms with E-state index in [0.29, 0.717) is 12.0 Å². The van der Waals surface area contributed by atoms with Crippen LogP contribution in [0.1, 0.15) is 39.1 Å². The summed E-state index contributed by atoms with van der Waals surface area (Å²) in [5.74, 6) is -1.44. The first-order valence-corrected chi connectivity index (χ1v) is 11.7. The van der Waals surface area contributed by atoms with Crippen molar-refractivity contribution >= 4 is 35.4 Å². The first-order chi connectivity index (χ1) is 19.2. The molecule has 3 rings (SSSR count). The molecule has 2 amide bonds. The number of ether oxygens (including phenoxy) is 2. The summed E-state index contributed by atoms with van der Waals surface area (Å²) in [6.07, 6.45) is 1.71. The van der Waals surface area contributed by atoms with Crippen LogP contribution in [0.4, 0.5) is 11.4 Å². The number of nitrogens with zero attached hydrogens (tertiary/aromatic N) is 3. The van der Waals surface area contributed by atoms with Gasteiger partial charge in [0.15, 0.2) is 11.5 Å². The molecule has 0 unspecified atom stereocenters. The Morgan fingerprint density at radius 3 is 2.20 bits per heavy atom. The van der Waals surface area contributed by atoms with E-state index in [2.05, 4.69) is 15.8 Å². The first kappa shape index (κ1) is 28.9. The molecule has 14 nitrogen and oxygen atoms in total. The number of benzene rings is 3. The molecular formula is C26H23N5O9. The monoisotopic (exact) mass is 549 g/mol. The van der Waals surface area contributed by atoms with Gasteiger partial charge in [0, 0.05) is 42.8 Å². The second kappa shape index (κ2) is 13.8. The van der Waals surface area contributed by atoms with Crippen LogP contribution in [-0.4, -0.2) is 47.5 Å². The van der Waals surface area contributed by atoms with Crippen molar-refractivity contribution in [3.8, 4) is 11.5 Å². The van der Waals surface area contributed by atoms with E-state index >= 15 is 0 Å². The van der Waals surface area contributed by atoms with Crippen LogP contribution in [-0.2, 0) is 4.79 Å². The number of rotatable bonds is 12. The highest BCUT2D eigenvalue weighted by Gasteiger charge is 2.16. The zero-order chi connectivity index (χ0) is 29.1. The number of amides is 2. The minimum Gasteiger partial charge on any atom is -0.493 e. The van der Waals surface area contributed by atoms with E-state index in [1.807, 2.05) is 0 Å². The first-order valence-electron chi connectivity index (χ1n) is 11.7. The molecule has 0 bridgehead atoms. The zero-order valence-electron chi connectivity index (χ0n) is 21.1. The molecule has 0 saturated heterocycles. The van der Waals surface area contributed by atoms with Crippen LogP contribution in [0.25, 0.3) is 0 Å². The quantitative estimate of drug-likeness (QED) is 0.0850. The standard InChI is InChI=1S/C26H23N5O9/c1-39-23-13-17(10-11-22(23)40-26(34)19-6-3-8-21(15-19)31(37)38)16-28-29-24(32)9-4-12-27-25(33)18-5-2-7-20(14-18)30(35)36/h2-3,5-8,10-11,13-16H,4,9,12H2,1H3,(H,27,33)(H,29,32). The third-order valence-electron chi connectivity index (χ3n) is 5.27.